The van der Waals surface area contributed by atoms with Crippen LogP contribution in [0.25, 0.3) is 0 Å². The molecule has 0 aliphatic carbocycles. The van der Waals surface area contributed by atoms with E-state index in [0.717, 1.165) is 0 Å². The van der Waals surface area contributed by atoms with E-state index in [-0.39, 0.29) is 5.56 Å². The molecule has 160 valence electrons. The standard InChI is InChI=1S/C21H24N2O7/c1-13(20(25)23-15-8-6-5-7-9-15)30-18(24)12-22-21(26)14-10-16(27-2)19(29-4)17(11-14)28-3/h5-11,13H,12H2,1-4H3,(H,22,26)(H,23,25)/t13-/m1/s1. The zero-order valence-corrected chi connectivity index (χ0v) is 17.2. The fourth-order valence-electron chi connectivity index (χ4n) is 2.52. The van der Waals surface area contributed by atoms with Crippen LogP contribution in [0.4, 0.5) is 5.69 Å². The number of carbonyl (C=O) groups is 3. The normalized spacial score (nSPS) is 11.1. The van der Waals surface area contributed by atoms with Crippen LogP contribution in [0.1, 0.15) is 17.3 Å². The molecule has 0 spiro atoms. The van der Waals surface area contributed by atoms with Gasteiger partial charge in [0.2, 0.25) is 5.75 Å². The van der Waals surface area contributed by atoms with E-state index in [1.165, 1.54) is 40.4 Å². The van der Waals surface area contributed by atoms with Gasteiger partial charge in [-0.15, -0.1) is 0 Å². The lowest BCUT2D eigenvalue weighted by molar-refractivity contribution is -0.152. The number of hydrogen-bond acceptors (Lipinski definition) is 7. The third-order valence-corrected chi connectivity index (χ3v) is 4.04. The first-order chi connectivity index (χ1) is 14.4. The highest BCUT2D eigenvalue weighted by Crippen LogP contribution is 2.38. The second-order valence-corrected chi connectivity index (χ2v) is 6.08. The molecule has 2 aromatic carbocycles. The van der Waals surface area contributed by atoms with Crippen molar-refractivity contribution in [2.24, 2.45) is 0 Å². The molecule has 0 bridgehead atoms. The third kappa shape index (κ3) is 5.87. The minimum absolute atomic E-state index is 0.201. The summed E-state index contributed by atoms with van der Waals surface area (Å²) in [4.78, 5) is 36.5. The Labute approximate surface area is 174 Å². The number of amides is 2. The van der Waals surface area contributed by atoms with Crippen LogP contribution in [0, 0.1) is 0 Å². The summed E-state index contributed by atoms with van der Waals surface area (Å²) >= 11 is 0. The molecule has 0 heterocycles. The number of anilines is 1. The summed E-state index contributed by atoms with van der Waals surface area (Å²) in [6.07, 6.45) is -1.03. The van der Waals surface area contributed by atoms with Crippen LogP contribution in [0.3, 0.4) is 0 Å². The second-order valence-electron chi connectivity index (χ2n) is 6.08. The Morgan fingerprint density at radius 2 is 1.53 bits per heavy atom. The predicted molar refractivity (Wildman–Crippen MR) is 109 cm³/mol. The van der Waals surface area contributed by atoms with E-state index in [4.69, 9.17) is 18.9 Å². The van der Waals surface area contributed by atoms with Gasteiger partial charge in [-0.1, -0.05) is 18.2 Å². The number of rotatable bonds is 9. The molecule has 9 heteroatoms. The smallest absolute Gasteiger partial charge is 0.326 e. The molecule has 0 unspecified atom stereocenters. The van der Waals surface area contributed by atoms with Crippen molar-refractivity contribution < 1.29 is 33.3 Å². The first-order valence-corrected chi connectivity index (χ1v) is 9.03. The lowest BCUT2D eigenvalue weighted by Crippen LogP contribution is -2.35. The van der Waals surface area contributed by atoms with Gasteiger partial charge in [-0.25, -0.2) is 0 Å². The van der Waals surface area contributed by atoms with Gasteiger partial charge < -0.3 is 29.6 Å². The molecule has 2 amide bonds. The summed E-state index contributed by atoms with van der Waals surface area (Å²) in [5.41, 5.74) is 0.785. The molecule has 2 N–H and O–H groups in total. The van der Waals surface area contributed by atoms with E-state index in [9.17, 15) is 14.4 Å². The molecule has 1 atom stereocenters. The lowest BCUT2D eigenvalue weighted by atomic mass is 10.1. The Kier molecular flexibility index (Phi) is 8.04. The van der Waals surface area contributed by atoms with Crippen LogP contribution in [0.5, 0.6) is 17.2 Å². The summed E-state index contributed by atoms with van der Waals surface area (Å²) in [5, 5.41) is 5.07. The van der Waals surface area contributed by atoms with Gasteiger partial charge in [0, 0.05) is 11.3 Å². The van der Waals surface area contributed by atoms with E-state index in [1.54, 1.807) is 24.3 Å². The van der Waals surface area contributed by atoms with Crippen molar-refractivity contribution in [2.75, 3.05) is 33.2 Å². The molecule has 9 nitrogen and oxygen atoms in total. The van der Waals surface area contributed by atoms with Gasteiger partial charge in [0.1, 0.15) is 6.54 Å². The topological polar surface area (TPSA) is 112 Å². The maximum atomic E-state index is 12.4. The molecule has 0 aromatic heterocycles. The number of carbonyl (C=O) groups excluding carboxylic acids is 3. The van der Waals surface area contributed by atoms with Crippen molar-refractivity contribution in [1.82, 2.24) is 5.32 Å². The number of methoxy groups -OCH3 is 3. The molecular weight excluding hydrogens is 392 g/mol. The SMILES string of the molecule is COc1cc(C(=O)NCC(=O)O[C@H](C)C(=O)Nc2ccccc2)cc(OC)c1OC. The number of esters is 1. The molecule has 0 fully saturated rings. The summed E-state index contributed by atoms with van der Waals surface area (Å²) in [7, 11) is 4.31. The van der Waals surface area contributed by atoms with Crippen molar-refractivity contribution in [2.45, 2.75) is 13.0 Å². The van der Waals surface area contributed by atoms with Crippen molar-refractivity contribution in [1.29, 1.82) is 0 Å². The zero-order chi connectivity index (χ0) is 22.1. The summed E-state index contributed by atoms with van der Waals surface area (Å²) in [6, 6.07) is 11.7. The highest BCUT2D eigenvalue weighted by atomic mass is 16.5. The van der Waals surface area contributed by atoms with Crippen LogP contribution in [0.15, 0.2) is 42.5 Å². The molecule has 0 aliphatic heterocycles. The Bertz CT molecular complexity index is 874. The van der Waals surface area contributed by atoms with E-state index in [0.29, 0.717) is 22.9 Å². The fraction of sp³-hybridized carbons (Fsp3) is 0.286. The van der Waals surface area contributed by atoms with Gasteiger partial charge in [0.15, 0.2) is 17.6 Å². The van der Waals surface area contributed by atoms with Gasteiger partial charge >= 0.3 is 5.97 Å². The first kappa shape index (κ1) is 22.5. The van der Waals surface area contributed by atoms with Crippen LogP contribution < -0.4 is 24.8 Å². The Morgan fingerprint density at radius 3 is 2.07 bits per heavy atom. The number of ether oxygens (including phenoxy) is 4. The van der Waals surface area contributed by atoms with Crippen molar-refractivity contribution in [3.63, 3.8) is 0 Å². The van der Waals surface area contributed by atoms with Gasteiger partial charge in [0.05, 0.1) is 21.3 Å². The average Bonchev–Trinajstić information content (AvgIpc) is 2.76. The van der Waals surface area contributed by atoms with Gasteiger partial charge in [-0.3, -0.25) is 14.4 Å². The maximum absolute atomic E-state index is 12.4. The van der Waals surface area contributed by atoms with Crippen LogP contribution in [-0.2, 0) is 14.3 Å². The predicted octanol–water partition coefficient (Wildman–Crippen LogP) is 2.01. The highest BCUT2D eigenvalue weighted by molar-refractivity contribution is 5.98. The molecule has 0 saturated heterocycles. The quantitative estimate of drug-likeness (QED) is 0.602. The van der Waals surface area contributed by atoms with E-state index < -0.39 is 30.4 Å². The first-order valence-electron chi connectivity index (χ1n) is 9.03. The summed E-state index contributed by atoms with van der Waals surface area (Å²) in [6.45, 7) is 1.02. The van der Waals surface area contributed by atoms with Crippen LogP contribution in [0.2, 0.25) is 0 Å². The van der Waals surface area contributed by atoms with Crippen LogP contribution >= 0.6 is 0 Å². The lowest BCUT2D eigenvalue weighted by Gasteiger charge is -2.15. The monoisotopic (exact) mass is 416 g/mol. The summed E-state index contributed by atoms with van der Waals surface area (Å²) in [5.74, 6) is -0.842. The highest BCUT2D eigenvalue weighted by Gasteiger charge is 2.20. The third-order valence-electron chi connectivity index (χ3n) is 4.04. The van der Waals surface area contributed by atoms with Gasteiger partial charge in [0.25, 0.3) is 11.8 Å². The molecular formula is C21H24N2O7. The number of hydrogen-bond donors (Lipinski definition) is 2. The number of nitrogens with one attached hydrogen (secondary N) is 2. The number of para-hydroxylation sites is 1. The second kappa shape index (κ2) is 10.7. The average molecular weight is 416 g/mol. The molecule has 0 saturated carbocycles. The molecule has 0 aliphatic rings. The minimum Gasteiger partial charge on any atom is -0.493 e. The van der Waals surface area contributed by atoms with Gasteiger partial charge in [-0.05, 0) is 31.2 Å². The zero-order valence-electron chi connectivity index (χ0n) is 17.2. The Hall–Kier alpha value is -3.75. The summed E-state index contributed by atoms with van der Waals surface area (Å²) < 4.78 is 20.7. The Balaban J connectivity index is 1.92. The van der Waals surface area contributed by atoms with Crippen LogP contribution in [-0.4, -0.2) is 51.8 Å². The van der Waals surface area contributed by atoms with E-state index in [1.807, 2.05) is 6.07 Å². The number of benzene rings is 2. The van der Waals surface area contributed by atoms with E-state index in [2.05, 4.69) is 10.6 Å². The van der Waals surface area contributed by atoms with Gasteiger partial charge in [-0.2, -0.15) is 0 Å². The fourth-order valence-corrected chi connectivity index (χ4v) is 2.52. The van der Waals surface area contributed by atoms with Crippen molar-refractivity contribution in [3.8, 4) is 17.2 Å². The largest absolute Gasteiger partial charge is 0.493 e. The van der Waals surface area contributed by atoms with E-state index >= 15 is 0 Å². The van der Waals surface area contributed by atoms with Crippen molar-refractivity contribution >= 4 is 23.5 Å². The van der Waals surface area contributed by atoms with Crippen molar-refractivity contribution in [3.05, 3.63) is 48.0 Å². The maximum Gasteiger partial charge on any atom is 0.326 e. The molecule has 2 rings (SSSR count). The molecule has 0 radical (unpaired) electrons. The molecule has 2 aromatic rings. The Morgan fingerprint density at radius 1 is 0.933 bits per heavy atom. The minimum atomic E-state index is -1.03. The molecule has 30 heavy (non-hydrogen) atoms.